The van der Waals surface area contributed by atoms with Gasteiger partial charge in [0.05, 0.1) is 0 Å². The van der Waals surface area contributed by atoms with Crippen molar-refractivity contribution in [3.8, 4) is 11.1 Å². The highest BCUT2D eigenvalue weighted by Crippen LogP contribution is 2.55. The van der Waals surface area contributed by atoms with Crippen molar-refractivity contribution in [1.82, 2.24) is 0 Å². The molecule has 1 nitrogen and oxygen atoms in total. The first kappa shape index (κ1) is 22.0. The molecule has 0 heterocycles. The van der Waals surface area contributed by atoms with E-state index in [1.165, 1.54) is 43.8 Å². The second-order valence-corrected chi connectivity index (χ2v) is 9.92. The van der Waals surface area contributed by atoms with Crippen molar-refractivity contribution in [2.24, 2.45) is 0 Å². The topological polar surface area (TPSA) is 3.24 Å². The van der Waals surface area contributed by atoms with Crippen molar-refractivity contribution in [2.45, 2.75) is 44.9 Å². The zero-order chi connectivity index (χ0) is 22.8. The zero-order valence-electron chi connectivity index (χ0n) is 19.4. The van der Waals surface area contributed by atoms with Gasteiger partial charge in [-0.25, -0.2) is 0 Å². The van der Waals surface area contributed by atoms with Crippen LogP contribution < -0.4 is 4.90 Å². The summed E-state index contributed by atoms with van der Waals surface area (Å²) in [5.41, 5.74) is 9.39. The van der Waals surface area contributed by atoms with Crippen molar-refractivity contribution >= 4 is 33.0 Å². The molecule has 4 aromatic rings. The molecule has 0 N–H and O–H groups in total. The minimum absolute atomic E-state index is 0.0625. The molecule has 0 aliphatic heterocycles. The zero-order valence-corrected chi connectivity index (χ0v) is 21.0. The second-order valence-electron chi connectivity index (χ2n) is 9.01. The summed E-state index contributed by atoms with van der Waals surface area (Å²) in [6.45, 7) is 4.63. The smallest absolute Gasteiger partial charge is 0.0465 e. The molecule has 0 unspecified atom stereocenters. The van der Waals surface area contributed by atoms with Crippen LogP contribution in [0.2, 0.25) is 0 Å². The van der Waals surface area contributed by atoms with Crippen LogP contribution in [0, 0.1) is 0 Å². The highest BCUT2D eigenvalue weighted by Gasteiger charge is 2.42. The fourth-order valence-corrected chi connectivity index (χ4v) is 6.07. The van der Waals surface area contributed by atoms with E-state index in [9.17, 15) is 0 Å². The summed E-state index contributed by atoms with van der Waals surface area (Å²) in [6.07, 6.45) is 4.66. The lowest BCUT2D eigenvalue weighted by Crippen LogP contribution is -2.25. The van der Waals surface area contributed by atoms with E-state index in [0.29, 0.717) is 0 Å². The monoisotopic (exact) mass is 495 g/mol. The fourth-order valence-electron chi connectivity index (χ4n) is 5.71. The summed E-state index contributed by atoms with van der Waals surface area (Å²) >= 11 is 3.75. The van der Waals surface area contributed by atoms with E-state index in [0.717, 1.165) is 25.7 Å². The molecule has 0 spiro atoms. The van der Waals surface area contributed by atoms with Crippen molar-refractivity contribution in [2.75, 3.05) is 4.90 Å². The number of benzene rings is 4. The lowest BCUT2D eigenvalue weighted by molar-refractivity contribution is 0.436. The molecule has 0 fully saturated rings. The Morgan fingerprint density at radius 2 is 1.12 bits per heavy atom. The molecule has 0 amide bonds. The molecule has 0 saturated carbocycles. The van der Waals surface area contributed by atoms with Gasteiger partial charge in [0.2, 0.25) is 0 Å². The van der Waals surface area contributed by atoms with Gasteiger partial charge < -0.3 is 4.90 Å². The second kappa shape index (κ2) is 9.19. The number of para-hydroxylation sites is 2. The average Bonchev–Trinajstić information content (AvgIpc) is 3.10. The number of hydrogen-bond donors (Lipinski definition) is 0. The van der Waals surface area contributed by atoms with Gasteiger partial charge in [-0.15, -0.1) is 0 Å². The first-order valence-corrected chi connectivity index (χ1v) is 12.8. The first-order valence-electron chi connectivity index (χ1n) is 12.0. The number of anilines is 3. The molecular formula is C31H30BrN. The van der Waals surface area contributed by atoms with Gasteiger partial charge in [-0.05, 0) is 83.6 Å². The van der Waals surface area contributed by atoms with Gasteiger partial charge in [-0.1, -0.05) is 91.1 Å². The molecule has 5 rings (SSSR count). The minimum atomic E-state index is 0.0625. The predicted molar refractivity (Wildman–Crippen MR) is 145 cm³/mol. The Morgan fingerprint density at radius 3 is 1.67 bits per heavy atom. The van der Waals surface area contributed by atoms with Crippen LogP contribution in [-0.2, 0) is 5.41 Å². The standard InChI is InChI=1S/C31H30BrN/c1-3-19-31(20-4-2)29-21-23(32)15-17-27(29)28-18-16-26(22-30(28)31)33(24-11-7-5-8-12-24)25-13-9-6-10-14-25/h5-18,21-22H,3-4,19-20H2,1-2H3. The summed E-state index contributed by atoms with van der Waals surface area (Å²) in [4.78, 5) is 2.38. The van der Waals surface area contributed by atoms with Crippen LogP contribution in [0.1, 0.15) is 50.7 Å². The summed E-state index contributed by atoms with van der Waals surface area (Å²) in [5.74, 6) is 0. The number of halogens is 1. The van der Waals surface area contributed by atoms with Gasteiger partial charge in [0.15, 0.2) is 0 Å². The van der Waals surface area contributed by atoms with Gasteiger partial charge >= 0.3 is 0 Å². The molecule has 1 aliphatic rings. The number of rotatable bonds is 7. The normalized spacial score (nSPS) is 13.4. The van der Waals surface area contributed by atoms with E-state index in [1.54, 1.807) is 0 Å². The van der Waals surface area contributed by atoms with E-state index in [2.05, 4.69) is 132 Å². The van der Waals surface area contributed by atoms with E-state index >= 15 is 0 Å². The Bertz CT molecular complexity index is 1200. The Hall–Kier alpha value is -2.84. The Kier molecular flexibility index (Phi) is 6.12. The molecule has 2 heteroatoms. The van der Waals surface area contributed by atoms with Gasteiger partial charge in [-0.2, -0.15) is 0 Å². The third-order valence-electron chi connectivity index (χ3n) is 6.95. The minimum Gasteiger partial charge on any atom is -0.310 e. The molecule has 0 radical (unpaired) electrons. The lowest BCUT2D eigenvalue weighted by atomic mass is 9.71. The summed E-state index contributed by atoms with van der Waals surface area (Å²) in [5, 5.41) is 0. The van der Waals surface area contributed by atoms with Crippen molar-refractivity contribution in [3.05, 3.63) is 113 Å². The maximum Gasteiger partial charge on any atom is 0.0465 e. The maximum atomic E-state index is 3.75. The molecule has 4 aromatic carbocycles. The highest BCUT2D eigenvalue weighted by molar-refractivity contribution is 9.10. The molecule has 166 valence electrons. The van der Waals surface area contributed by atoms with Crippen LogP contribution in [0.4, 0.5) is 17.1 Å². The molecule has 0 bridgehead atoms. The molecule has 0 atom stereocenters. The van der Waals surface area contributed by atoms with Gasteiger partial charge in [-0.3, -0.25) is 0 Å². The van der Waals surface area contributed by atoms with Crippen molar-refractivity contribution in [1.29, 1.82) is 0 Å². The predicted octanol–water partition coefficient (Wildman–Crippen LogP) is 9.79. The van der Waals surface area contributed by atoms with Crippen LogP contribution in [0.25, 0.3) is 11.1 Å². The van der Waals surface area contributed by atoms with Gasteiger partial charge in [0, 0.05) is 26.9 Å². The van der Waals surface area contributed by atoms with Crippen LogP contribution in [0.3, 0.4) is 0 Å². The average molecular weight is 496 g/mol. The lowest BCUT2D eigenvalue weighted by Gasteiger charge is -2.33. The van der Waals surface area contributed by atoms with Crippen LogP contribution in [-0.4, -0.2) is 0 Å². The van der Waals surface area contributed by atoms with E-state index in [-0.39, 0.29) is 5.41 Å². The number of nitrogens with zero attached hydrogens (tertiary/aromatic N) is 1. The first-order chi connectivity index (χ1) is 16.2. The van der Waals surface area contributed by atoms with E-state index in [4.69, 9.17) is 0 Å². The fraction of sp³-hybridized carbons (Fsp3) is 0.226. The summed E-state index contributed by atoms with van der Waals surface area (Å²) in [6, 6.07) is 35.4. The molecule has 1 aliphatic carbocycles. The summed E-state index contributed by atoms with van der Waals surface area (Å²) in [7, 11) is 0. The van der Waals surface area contributed by atoms with Crippen LogP contribution >= 0.6 is 15.9 Å². The van der Waals surface area contributed by atoms with Crippen LogP contribution in [0.15, 0.2) is 102 Å². The molecular weight excluding hydrogens is 466 g/mol. The Morgan fingerprint density at radius 1 is 0.606 bits per heavy atom. The van der Waals surface area contributed by atoms with Gasteiger partial charge in [0.1, 0.15) is 0 Å². The quantitative estimate of drug-likeness (QED) is 0.246. The molecule has 0 saturated heterocycles. The maximum absolute atomic E-state index is 3.75. The highest BCUT2D eigenvalue weighted by atomic mass is 79.9. The third-order valence-corrected chi connectivity index (χ3v) is 7.44. The van der Waals surface area contributed by atoms with Crippen LogP contribution in [0.5, 0.6) is 0 Å². The van der Waals surface area contributed by atoms with E-state index in [1.807, 2.05) is 0 Å². The largest absolute Gasteiger partial charge is 0.310 e. The SMILES string of the molecule is CCCC1(CCC)c2cc(Br)ccc2-c2ccc(N(c3ccccc3)c3ccccc3)cc21. The van der Waals surface area contributed by atoms with Crippen molar-refractivity contribution in [3.63, 3.8) is 0 Å². The molecule has 33 heavy (non-hydrogen) atoms. The summed E-state index contributed by atoms with van der Waals surface area (Å²) < 4.78 is 1.17. The van der Waals surface area contributed by atoms with E-state index < -0.39 is 0 Å². The van der Waals surface area contributed by atoms with Crippen molar-refractivity contribution < 1.29 is 0 Å². The number of fused-ring (bicyclic) bond motifs is 3. The number of hydrogen-bond acceptors (Lipinski definition) is 1. The Balaban J connectivity index is 1.73. The van der Waals surface area contributed by atoms with Gasteiger partial charge in [0.25, 0.3) is 0 Å². The Labute approximate surface area is 206 Å². The molecule has 0 aromatic heterocycles. The third kappa shape index (κ3) is 3.81.